The van der Waals surface area contributed by atoms with Crippen LogP contribution in [0.3, 0.4) is 0 Å². The Morgan fingerprint density at radius 3 is 2.33 bits per heavy atom. The lowest BCUT2D eigenvalue weighted by molar-refractivity contribution is -0.126. The van der Waals surface area contributed by atoms with Crippen molar-refractivity contribution in [2.24, 2.45) is 0 Å². The van der Waals surface area contributed by atoms with Gasteiger partial charge in [0.2, 0.25) is 0 Å². The van der Waals surface area contributed by atoms with Crippen LogP contribution in [0.25, 0.3) is 0 Å². The monoisotopic (exact) mass is 352 g/mol. The molecule has 0 aromatic heterocycles. The Labute approximate surface area is 133 Å². The van der Waals surface area contributed by atoms with Crippen molar-refractivity contribution in [1.82, 2.24) is 8.61 Å². The molecule has 0 N–H and O–H groups in total. The van der Waals surface area contributed by atoms with Gasteiger partial charge in [-0.05, 0) is 19.1 Å². The molecule has 116 valence electrons. The molecule has 1 atom stereocenters. The predicted molar refractivity (Wildman–Crippen MR) is 79.8 cm³/mol. The largest absolute Gasteiger partial charge is 0.489 e. The second kappa shape index (κ2) is 6.00. The number of hydrogen-bond donors (Lipinski definition) is 0. The first-order valence-corrected chi connectivity index (χ1v) is 8.28. The molecule has 1 aliphatic heterocycles. The molecule has 0 aliphatic carbocycles. The SMILES string of the molecule is CC1C(=O)N(C)S(=O)(=O)N1CCOc1c(Cl)cccc1Cl. The molecule has 6 nitrogen and oxygen atoms in total. The van der Waals surface area contributed by atoms with E-state index < -0.39 is 22.2 Å². The van der Waals surface area contributed by atoms with Crippen LogP contribution in [-0.2, 0) is 15.0 Å². The van der Waals surface area contributed by atoms with Crippen LogP contribution in [0.15, 0.2) is 18.2 Å². The van der Waals surface area contributed by atoms with E-state index in [0.29, 0.717) is 15.8 Å². The molecule has 0 spiro atoms. The standard InChI is InChI=1S/C12H14Cl2N2O4S/c1-8-12(17)15(2)21(18,19)16(8)6-7-20-11-9(13)4-3-5-10(11)14/h3-5,8H,6-7H2,1-2H3. The molecule has 1 saturated heterocycles. The molecule has 9 heteroatoms. The highest BCUT2D eigenvalue weighted by Crippen LogP contribution is 2.32. The Kier molecular flexibility index (Phi) is 4.67. The molecule has 1 heterocycles. The van der Waals surface area contributed by atoms with Gasteiger partial charge >= 0.3 is 10.2 Å². The highest BCUT2D eigenvalue weighted by atomic mass is 35.5. The molecule has 1 amide bonds. The number of hydrogen-bond acceptors (Lipinski definition) is 4. The zero-order valence-corrected chi connectivity index (χ0v) is 13.7. The van der Waals surface area contributed by atoms with Crippen LogP contribution < -0.4 is 4.74 Å². The second-order valence-corrected chi connectivity index (χ2v) is 7.23. The topological polar surface area (TPSA) is 66.9 Å². The lowest BCUT2D eigenvalue weighted by Crippen LogP contribution is -2.37. The average Bonchev–Trinajstić information content (AvgIpc) is 2.56. The predicted octanol–water partition coefficient (Wildman–Crippen LogP) is 1.78. The fourth-order valence-corrected chi connectivity index (χ4v) is 4.02. The van der Waals surface area contributed by atoms with Crippen LogP contribution in [-0.4, -0.2) is 49.2 Å². The lowest BCUT2D eigenvalue weighted by Gasteiger charge is -2.18. The van der Waals surface area contributed by atoms with Crippen LogP contribution >= 0.6 is 23.2 Å². The Bertz CT molecular complexity index is 645. The maximum atomic E-state index is 12.0. The van der Waals surface area contributed by atoms with E-state index in [9.17, 15) is 13.2 Å². The van der Waals surface area contributed by atoms with E-state index in [0.717, 1.165) is 8.61 Å². The summed E-state index contributed by atoms with van der Waals surface area (Å²) in [6.45, 7) is 1.60. The zero-order valence-electron chi connectivity index (χ0n) is 11.4. The maximum Gasteiger partial charge on any atom is 0.306 e. The Balaban J connectivity index is 2.06. The summed E-state index contributed by atoms with van der Waals surface area (Å²) in [5, 5.41) is 0.682. The summed E-state index contributed by atoms with van der Waals surface area (Å²) >= 11 is 11.9. The zero-order chi connectivity index (χ0) is 15.8. The van der Waals surface area contributed by atoms with Gasteiger partial charge in [-0.25, -0.2) is 4.31 Å². The third kappa shape index (κ3) is 2.96. The minimum atomic E-state index is -3.77. The van der Waals surface area contributed by atoms with Crippen LogP contribution in [0.1, 0.15) is 6.92 Å². The minimum absolute atomic E-state index is 0.0289. The molecule has 2 rings (SSSR count). The summed E-state index contributed by atoms with van der Waals surface area (Å²) in [6, 6.07) is 4.17. The van der Waals surface area contributed by atoms with Gasteiger partial charge in [-0.15, -0.1) is 0 Å². The van der Waals surface area contributed by atoms with Crippen LogP contribution in [0, 0.1) is 0 Å². The molecule has 1 aromatic carbocycles. The van der Waals surface area contributed by atoms with Gasteiger partial charge in [0.05, 0.1) is 16.6 Å². The normalized spacial score (nSPS) is 21.8. The number of ether oxygens (including phenoxy) is 1. The number of benzene rings is 1. The molecular weight excluding hydrogens is 339 g/mol. The molecule has 0 bridgehead atoms. The summed E-state index contributed by atoms with van der Waals surface area (Å²) in [5.41, 5.74) is 0. The number of carbonyl (C=O) groups is 1. The molecule has 1 fully saturated rings. The van der Waals surface area contributed by atoms with E-state index in [1.54, 1.807) is 18.2 Å². The van der Waals surface area contributed by atoms with Gasteiger partial charge in [0.15, 0.2) is 5.75 Å². The van der Waals surface area contributed by atoms with Crippen molar-refractivity contribution in [2.45, 2.75) is 13.0 Å². The molecule has 21 heavy (non-hydrogen) atoms. The minimum Gasteiger partial charge on any atom is -0.489 e. The van der Waals surface area contributed by atoms with Crippen molar-refractivity contribution in [3.63, 3.8) is 0 Å². The van der Waals surface area contributed by atoms with Crippen molar-refractivity contribution in [3.05, 3.63) is 28.2 Å². The van der Waals surface area contributed by atoms with Crippen LogP contribution in [0.5, 0.6) is 5.75 Å². The second-order valence-electron chi connectivity index (χ2n) is 4.50. The fraction of sp³-hybridized carbons (Fsp3) is 0.417. The summed E-state index contributed by atoms with van der Waals surface area (Å²) in [4.78, 5) is 11.7. The number of halogens is 2. The van der Waals surface area contributed by atoms with Gasteiger partial charge in [0.25, 0.3) is 5.91 Å². The van der Waals surface area contributed by atoms with Crippen LogP contribution in [0.2, 0.25) is 10.0 Å². The molecule has 1 unspecified atom stereocenters. The van der Waals surface area contributed by atoms with Crippen molar-refractivity contribution in [1.29, 1.82) is 0 Å². The number of nitrogens with zero attached hydrogens (tertiary/aromatic N) is 2. The Morgan fingerprint density at radius 1 is 1.29 bits per heavy atom. The molecule has 1 aliphatic rings. The first-order valence-electron chi connectivity index (χ1n) is 6.13. The highest BCUT2D eigenvalue weighted by molar-refractivity contribution is 7.87. The van der Waals surface area contributed by atoms with Crippen molar-refractivity contribution in [3.8, 4) is 5.75 Å². The van der Waals surface area contributed by atoms with Crippen molar-refractivity contribution >= 4 is 39.3 Å². The molecule has 0 saturated carbocycles. The molecular formula is C12H14Cl2N2O4S. The lowest BCUT2D eigenvalue weighted by atomic mass is 10.3. The molecule has 1 aromatic rings. The Hall–Kier alpha value is -1.02. The van der Waals surface area contributed by atoms with Gasteiger partial charge < -0.3 is 4.74 Å². The van der Waals surface area contributed by atoms with Crippen LogP contribution in [0.4, 0.5) is 0 Å². The van der Waals surface area contributed by atoms with Gasteiger partial charge in [-0.2, -0.15) is 12.7 Å². The van der Waals surface area contributed by atoms with Crippen molar-refractivity contribution in [2.75, 3.05) is 20.2 Å². The van der Waals surface area contributed by atoms with Gasteiger partial charge in [-0.3, -0.25) is 4.79 Å². The summed E-state index contributed by atoms with van der Waals surface area (Å²) in [7, 11) is -2.53. The van der Waals surface area contributed by atoms with Crippen molar-refractivity contribution < 1.29 is 17.9 Å². The maximum absolute atomic E-state index is 12.0. The smallest absolute Gasteiger partial charge is 0.306 e. The summed E-state index contributed by atoms with van der Waals surface area (Å²) < 4.78 is 31.3. The first kappa shape index (κ1) is 16.4. The van der Waals surface area contributed by atoms with E-state index in [1.165, 1.54) is 14.0 Å². The third-order valence-electron chi connectivity index (χ3n) is 3.22. The first-order chi connectivity index (χ1) is 9.76. The molecule has 0 radical (unpaired) electrons. The van der Waals surface area contributed by atoms with E-state index in [2.05, 4.69) is 0 Å². The van der Waals surface area contributed by atoms with E-state index in [1.807, 2.05) is 0 Å². The number of amides is 1. The van der Waals surface area contributed by atoms with Gasteiger partial charge in [-0.1, -0.05) is 29.3 Å². The summed E-state index contributed by atoms with van der Waals surface area (Å²) in [5.74, 6) is -0.171. The summed E-state index contributed by atoms with van der Waals surface area (Å²) in [6.07, 6.45) is 0. The van der Waals surface area contributed by atoms with E-state index >= 15 is 0 Å². The number of likely N-dealkylation sites (N-methyl/N-ethyl adjacent to an activating group) is 1. The van der Waals surface area contributed by atoms with E-state index in [-0.39, 0.29) is 13.2 Å². The van der Waals surface area contributed by atoms with Gasteiger partial charge in [0.1, 0.15) is 12.6 Å². The number of para-hydroxylation sites is 1. The van der Waals surface area contributed by atoms with Gasteiger partial charge in [0, 0.05) is 7.05 Å². The number of rotatable bonds is 4. The number of carbonyl (C=O) groups excluding carboxylic acids is 1. The highest BCUT2D eigenvalue weighted by Gasteiger charge is 2.45. The van der Waals surface area contributed by atoms with E-state index in [4.69, 9.17) is 27.9 Å². The third-order valence-corrected chi connectivity index (χ3v) is 5.78. The quantitative estimate of drug-likeness (QED) is 0.828. The Morgan fingerprint density at radius 2 is 1.86 bits per heavy atom. The fourth-order valence-electron chi connectivity index (χ4n) is 2.02. The average molecular weight is 353 g/mol.